The molecule has 1 N–H and O–H groups in total. The van der Waals surface area contributed by atoms with Crippen molar-refractivity contribution in [3.8, 4) is 5.75 Å². The standard InChI is InChI=1S/C17H23NO2/c1-2-3-12-19-17-8-6-15(7-9-17)14-18-11-10-16-5-4-13-20-16/h4-9,13,18H,2-3,10-12,14H2,1H3. The Morgan fingerprint density at radius 1 is 1.15 bits per heavy atom. The van der Waals surface area contributed by atoms with Gasteiger partial charge in [-0.05, 0) is 36.2 Å². The zero-order valence-corrected chi connectivity index (χ0v) is 12.1. The molecule has 0 aliphatic rings. The molecule has 2 rings (SSSR count). The Kier molecular flexibility index (Phi) is 6.18. The van der Waals surface area contributed by atoms with Gasteiger partial charge in [0.15, 0.2) is 0 Å². The highest BCUT2D eigenvalue weighted by molar-refractivity contribution is 5.27. The van der Waals surface area contributed by atoms with Crippen LogP contribution in [0, 0.1) is 0 Å². The summed E-state index contributed by atoms with van der Waals surface area (Å²) in [6.45, 7) is 4.76. The number of benzene rings is 1. The Hall–Kier alpha value is -1.74. The molecule has 0 fully saturated rings. The van der Waals surface area contributed by atoms with Gasteiger partial charge < -0.3 is 14.5 Å². The van der Waals surface area contributed by atoms with E-state index in [4.69, 9.17) is 9.15 Å². The lowest BCUT2D eigenvalue weighted by Gasteiger charge is -2.07. The fourth-order valence-corrected chi connectivity index (χ4v) is 1.94. The maximum absolute atomic E-state index is 5.64. The van der Waals surface area contributed by atoms with Crippen LogP contribution in [0.4, 0.5) is 0 Å². The van der Waals surface area contributed by atoms with Crippen LogP contribution in [0.2, 0.25) is 0 Å². The van der Waals surface area contributed by atoms with Gasteiger partial charge in [0.2, 0.25) is 0 Å². The van der Waals surface area contributed by atoms with E-state index in [1.54, 1.807) is 6.26 Å². The number of unbranched alkanes of at least 4 members (excludes halogenated alkanes) is 1. The van der Waals surface area contributed by atoms with Crippen LogP contribution < -0.4 is 10.1 Å². The van der Waals surface area contributed by atoms with Crippen molar-refractivity contribution in [3.63, 3.8) is 0 Å². The summed E-state index contributed by atoms with van der Waals surface area (Å²) in [5.41, 5.74) is 1.27. The summed E-state index contributed by atoms with van der Waals surface area (Å²) >= 11 is 0. The van der Waals surface area contributed by atoms with Gasteiger partial charge in [-0.25, -0.2) is 0 Å². The van der Waals surface area contributed by atoms with Gasteiger partial charge >= 0.3 is 0 Å². The summed E-state index contributed by atoms with van der Waals surface area (Å²) in [5, 5.41) is 3.41. The van der Waals surface area contributed by atoms with Crippen LogP contribution in [0.1, 0.15) is 31.1 Å². The first kappa shape index (κ1) is 14.7. The van der Waals surface area contributed by atoms with Gasteiger partial charge in [0.25, 0.3) is 0 Å². The molecule has 3 heteroatoms. The van der Waals surface area contributed by atoms with Crippen molar-refractivity contribution in [2.75, 3.05) is 13.2 Å². The predicted molar refractivity (Wildman–Crippen MR) is 81.0 cm³/mol. The van der Waals surface area contributed by atoms with E-state index in [-0.39, 0.29) is 0 Å². The maximum atomic E-state index is 5.64. The summed E-state index contributed by atoms with van der Waals surface area (Å²) in [7, 11) is 0. The number of ether oxygens (including phenoxy) is 1. The molecule has 0 aliphatic carbocycles. The van der Waals surface area contributed by atoms with Crippen molar-refractivity contribution in [3.05, 3.63) is 54.0 Å². The van der Waals surface area contributed by atoms with Gasteiger partial charge in [-0.1, -0.05) is 25.5 Å². The maximum Gasteiger partial charge on any atom is 0.119 e. The van der Waals surface area contributed by atoms with Crippen molar-refractivity contribution in [2.24, 2.45) is 0 Å². The first-order valence-electron chi connectivity index (χ1n) is 7.33. The molecule has 0 atom stereocenters. The fraction of sp³-hybridized carbons (Fsp3) is 0.412. The van der Waals surface area contributed by atoms with Gasteiger partial charge in [-0.15, -0.1) is 0 Å². The smallest absolute Gasteiger partial charge is 0.119 e. The lowest BCUT2D eigenvalue weighted by molar-refractivity contribution is 0.309. The number of hydrogen-bond donors (Lipinski definition) is 1. The molecule has 0 radical (unpaired) electrons. The number of rotatable bonds is 9. The van der Waals surface area contributed by atoms with Gasteiger partial charge in [0.1, 0.15) is 11.5 Å². The third-order valence-corrected chi connectivity index (χ3v) is 3.15. The van der Waals surface area contributed by atoms with Gasteiger partial charge in [0.05, 0.1) is 12.9 Å². The molecule has 0 unspecified atom stereocenters. The van der Waals surface area contributed by atoms with E-state index in [9.17, 15) is 0 Å². The summed E-state index contributed by atoms with van der Waals surface area (Å²) in [4.78, 5) is 0. The second-order valence-electron chi connectivity index (χ2n) is 4.85. The van der Waals surface area contributed by atoms with E-state index in [1.165, 1.54) is 5.56 Å². The highest BCUT2D eigenvalue weighted by Crippen LogP contribution is 2.12. The summed E-state index contributed by atoms with van der Waals surface area (Å²) in [6.07, 6.45) is 4.91. The lowest BCUT2D eigenvalue weighted by Crippen LogP contribution is -2.16. The molecule has 0 saturated heterocycles. The van der Waals surface area contributed by atoms with Gasteiger partial charge in [-0.3, -0.25) is 0 Å². The number of furan rings is 1. The Balaban J connectivity index is 1.65. The Morgan fingerprint density at radius 3 is 2.70 bits per heavy atom. The SMILES string of the molecule is CCCCOc1ccc(CNCCc2ccco2)cc1. The molecule has 20 heavy (non-hydrogen) atoms. The molecule has 0 bridgehead atoms. The summed E-state index contributed by atoms with van der Waals surface area (Å²) in [5.74, 6) is 1.98. The molecule has 0 spiro atoms. The normalized spacial score (nSPS) is 10.7. The molecule has 3 nitrogen and oxygen atoms in total. The van der Waals surface area contributed by atoms with E-state index in [0.717, 1.165) is 50.5 Å². The van der Waals surface area contributed by atoms with E-state index >= 15 is 0 Å². The van der Waals surface area contributed by atoms with Crippen molar-refractivity contribution in [2.45, 2.75) is 32.7 Å². The van der Waals surface area contributed by atoms with Crippen LogP contribution >= 0.6 is 0 Å². The zero-order valence-electron chi connectivity index (χ0n) is 12.1. The molecular weight excluding hydrogens is 250 g/mol. The number of nitrogens with one attached hydrogen (secondary N) is 1. The van der Waals surface area contributed by atoms with Crippen molar-refractivity contribution < 1.29 is 9.15 Å². The van der Waals surface area contributed by atoms with Gasteiger partial charge in [0, 0.05) is 19.5 Å². The topological polar surface area (TPSA) is 34.4 Å². The van der Waals surface area contributed by atoms with Crippen molar-refractivity contribution in [1.29, 1.82) is 0 Å². The largest absolute Gasteiger partial charge is 0.494 e. The first-order valence-corrected chi connectivity index (χ1v) is 7.33. The molecule has 2 aromatic rings. The molecule has 1 aromatic carbocycles. The van der Waals surface area contributed by atoms with Crippen LogP contribution in [0.5, 0.6) is 5.75 Å². The minimum absolute atomic E-state index is 0.803. The molecule has 108 valence electrons. The zero-order chi connectivity index (χ0) is 14.0. The average Bonchev–Trinajstić information content (AvgIpc) is 2.99. The first-order chi connectivity index (χ1) is 9.88. The van der Waals surface area contributed by atoms with Crippen LogP contribution in [0.25, 0.3) is 0 Å². The van der Waals surface area contributed by atoms with E-state index in [2.05, 4.69) is 24.4 Å². The van der Waals surface area contributed by atoms with E-state index in [1.807, 2.05) is 24.3 Å². The minimum atomic E-state index is 0.803. The molecule has 0 aliphatic heterocycles. The third-order valence-electron chi connectivity index (χ3n) is 3.15. The predicted octanol–water partition coefficient (Wildman–Crippen LogP) is 3.79. The van der Waals surface area contributed by atoms with Crippen LogP contribution in [0.15, 0.2) is 47.1 Å². The second kappa shape index (κ2) is 8.43. The van der Waals surface area contributed by atoms with Crippen LogP contribution in [-0.2, 0) is 13.0 Å². The fourth-order valence-electron chi connectivity index (χ4n) is 1.94. The highest BCUT2D eigenvalue weighted by atomic mass is 16.5. The number of hydrogen-bond acceptors (Lipinski definition) is 3. The van der Waals surface area contributed by atoms with Crippen LogP contribution in [0.3, 0.4) is 0 Å². The monoisotopic (exact) mass is 273 g/mol. The van der Waals surface area contributed by atoms with Crippen molar-refractivity contribution in [1.82, 2.24) is 5.32 Å². The second-order valence-corrected chi connectivity index (χ2v) is 4.85. The van der Waals surface area contributed by atoms with Crippen LogP contribution in [-0.4, -0.2) is 13.2 Å². The molecule has 1 heterocycles. The molecular formula is C17H23NO2. The Labute approximate surface area is 121 Å². The molecule has 1 aromatic heterocycles. The summed E-state index contributed by atoms with van der Waals surface area (Å²) < 4.78 is 10.9. The minimum Gasteiger partial charge on any atom is -0.494 e. The lowest BCUT2D eigenvalue weighted by atomic mass is 10.2. The van der Waals surface area contributed by atoms with Crippen molar-refractivity contribution >= 4 is 0 Å². The van der Waals surface area contributed by atoms with E-state index < -0.39 is 0 Å². The van der Waals surface area contributed by atoms with E-state index in [0.29, 0.717) is 0 Å². The molecule has 0 amide bonds. The van der Waals surface area contributed by atoms with Gasteiger partial charge in [-0.2, -0.15) is 0 Å². The Bertz CT molecular complexity index is 462. The summed E-state index contributed by atoms with van der Waals surface area (Å²) in [6, 6.07) is 12.2. The Morgan fingerprint density at radius 2 is 2.00 bits per heavy atom. The third kappa shape index (κ3) is 5.10. The average molecular weight is 273 g/mol. The molecule has 0 saturated carbocycles. The highest BCUT2D eigenvalue weighted by Gasteiger charge is 1.97. The quantitative estimate of drug-likeness (QED) is 0.706.